The van der Waals surface area contributed by atoms with Gasteiger partial charge in [0.25, 0.3) is 5.91 Å². The molecule has 2 aromatic rings. The van der Waals surface area contributed by atoms with Gasteiger partial charge in [-0.25, -0.2) is 9.59 Å². The van der Waals surface area contributed by atoms with Crippen LogP contribution >= 0.6 is 0 Å². The van der Waals surface area contributed by atoms with E-state index in [1.807, 2.05) is 0 Å². The van der Waals surface area contributed by atoms with E-state index >= 15 is 0 Å². The van der Waals surface area contributed by atoms with Gasteiger partial charge in [0.2, 0.25) is 5.91 Å². The monoisotopic (exact) mass is 399 g/mol. The Morgan fingerprint density at radius 3 is 2.62 bits per heavy atom. The highest BCUT2D eigenvalue weighted by Crippen LogP contribution is 2.46. The van der Waals surface area contributed by atoms with Gasteiger partial charge in [0.1, 0.15) is 12.1 Å². The molecule has 2 aliphatic rings. The Morgan fingerprint density at radius 2 is 1.90 bits per heavy atom. The molecular weight excluding hydrogens is 374 g/mol. The van der Waals surface area contributed by atoms with Gasteiger partial charge in [0.05, 0.1) is 11.0 Å². The maximum absolute atomic E-state index is 13.1. The largest absolute Gasteiger partial charge is 0.325 e. The average Bonchev–Trinajstić information content (AvgIpc) is 3.04. The molecule has 2 fully saturated rings. The molecule has 1 aliphatic carbocycles. The Balaban J connectivity index is 1.48. The number of carbonyl (C=O) groups is 3. The molecule has 0 radical (unpaired) electrons. The molecule has 154 valence electrons. The van der Waals surface area contributed by atoms with E-state index in [1.165, 1.54) is 0 Å². The summed E-state index contributed by atoms with van der Waals surface area (Å²) in [6, 6.07) is 4.39. The summed E-state index contributed by atoms with van der Waals surface area (Å²) < 4.78 is 0. The first-order valence-corrected chi connectivity index (χ1v) is 9.73. The minimum absolute atomic E-state index is 0.0677. The highest BCUT2D eigenvalue weighted by Gasteiger charge is 2.56. The number of rotatable bonds is 3. The Kier molecular flexibility index (Phi) is 4.29. The van der Waals surface area contributed by atoms with Gasteiger partial charge in [-0.2, -0.15) is 0 Å². The number of imidazole rings is 1. The molecule has 2 heterocycles. The van der Waals surface area contributed by atoms with Crippen LogP contribution in [0.3, 0.4) is 0 Å². The second-order valence-electron chi connectivity index (χ2n) is 9.15. The van der Waals surface area contributed by atoms with Crippen molar-refractivity contribution in [3.63, 3.8) is 0 Å². The molecule has 1 aromatic carbocycles. The number of hydrogen-bond donors (Lipinski definition) is 4. The van der Waals surface area contributed by atoms with Crippen LogP contribution in [-0.2, 0) is 9.59 Å². The van der Waals surface area contributed by atoms with Gasteiger partial charge in [-0.3, -0.25) is 14.5 Å². The van der Waals surface area contributed by atoms with Crippen molar-refractivity contribution in [2.45, 2.75) is 45.6 Å². The van der Waals surface area contributed by atoms with Crippen LogP contribution in [0.1, 0.15) is 40.0 Å². The average molecular weight is 399 g/mol. The lowest BCUT2D eigenvalue weighted by atomic mass is 9.64. The van der Waals surface area contributed by atoms with Crippen LogP contribution in [0.4, 0.5) is 10.5 Å². The molecular formula is C20H25N5O4. The van der Waals surface area contributed by atoms with Crippen molar-refractivity contribution < 1.29 is 14.4 Å². The third-order valence-corrected chi connectivity index (χ3v) is 5.73. The molecule has 29 heavy (non-hydrogen) atoms. The van der Waals surface area contributed by atoms with E-state index in [0.717, 1.165) is 11.3 Å². The molecule has 2 atom stereocenters. The van der Waals surface area contributed by atoms with Gasteiger partial charge >= 0.3 is 11.7 Å². The zero-order valence-electron chi connectivity index (χ0n) is 16.7. The summed E-state index contributed by atoms with van der Waals surface area (Å²) in [7, 11) is 0. The fourth-order valence-electron chi connectivity index (χ4n) is 5.10. The maximum atomic E-state index is 13.1. The highest BCUT2D eigenvalue weighted by atomic mass is 16.2. The molecule has 0 unspecified atom stereocenters. The molecule has 1 saturated carbocycles. The molecule has 4 rings (SSSR count). The number of fused-ring (bicyclic) bond motifs is 1. The quantitative estimate of drug-likeness (QED) is 0.588. The number of imide groups is 1. The first-order chi connectivity index (χ1) is 13.6. The SMILES string of the molecule is C[C@@H]1CC(C)(C)C[C@@]2(C1)NC(=O)N(CC(=O)Nc1ccc3[nH]c(=O)[nH]c3c1)C2=O. The third-order valence-electron chi connectivity index (χ3n) is 5.73. The zero-order chi connectivity index (χ0) is 21.0. The van der Waals surface area contributed by atoms with E-state index in [0.29, 0.717) is 35.5 Å². The second kappa shape index (κ2) is 6.47. The fraction of sp³-hybridized carbons (Fsp3) is 0.500. The molecule has 1 aliphatic heterocycles. The zero-order valence-corrected chi connectivity index (χ0v) is 16.7. The molecule has 1 spiro atoms. The number of urea groups is 1. The fourth-order valence-corrected chi connectivity index (χ4v) is 5.10. The van der Waals surface area contributed by atoms with Gasteiger partial charge < -0.3 is 20.6 Å². The van der Waals surface area contributed by atoms with E-state index in [1.54, 1.807) is 18.2 Å². The maximum Gasteiger partial charge on any atom is 0.325 e. The first kappa shape index (κ1) is 19.2. The van der Waals surface area contributed by atoms with Gasteiger partial charge in [-0.05, 0) is 48.8 Å². The van der Waals surface area contributed by atoms with E-state index in [4.69, 9.17) is 0 Å². The number of H-pyrrole nitrogens is 2. The molecule has 4 amide bonds. The van der Waals surface area contributed by atoms with Crippen LogP contribution in [0.15, 0.2) is 23.0 Å². The van der Waals surface area contributed by atoms with Crippen molar-refractivity contribution in [3.05, 3.63) is 28.7 Å². The Morgan fingerprint density at radius 1 is 1.17 bits per heavy atom. The molecule has 4 N–H and O–H groups in total. The highest BCUT2D eigenvalue weighted by molar-refractivity contribution is 6.10. The predicted octanol–water partition coefficient (Wildman–Crippen LogP) is 1.93. The molecule has 1 aromatic heterocycles. The number of anilines is 1. The second-order valence-corrected chi connectivity index (χ2v) is 9.15. The van der Waals surface area contributed by atoms with Gasteiger partial charge in [0, 0.05) is 5.69 Å². The predicted molar refractivity (Wildman–Crippen MR) is 107 cm³/mol. The van der Waals surface area contributed by atoms with Gasteiger partial charge in [-0.1, -0.05) is 20.8 Å². The molecule has 0 bridgehead atoms. The normalized spacial score (nSPS) is 26.2. The van der Waals surface area contributed by atoms with Gasteiger partial charge in [0.15, 0.2) is 0 Å². The van der Waals surface area contributed by atoms with Crippen LogP contribution < -0.4 is 16.3 Å². The number of amides is 4. The standard InChI is InChI=1S/C20H25N5O4/c1-11-7-19(2,3)10-20(8-11)16(27)25(18(29)24-20)9-15(26)21-12-4-5-13-14(6-12)23-17(28)22-13/h4-6,11H,7-10H2,1-3H3,(H,21,26)(H,24,29)(H2,22,23,28)/t11-,20-/m1/s1. The van der Waals surface area contributed by atoms with Crippen molar-refractivity contribution >= 4 is 34.6 Å². The number of aromatic nitrogens is 2. The van der Waals surface area contributed by atoms with Crippen LogP contribution in [-0.4, -0.2) is 44.8 Å². The number of hydrogen-bond acceptors (Lipinski definition) is 4. The van der Waals surface area contributed by atoms with Crippen molar-refractivity contribution in [2.75, 3.05) is 11.9 Å². The third kappa shape index (κ3) is 3.52. The number of benzene rings is 1. The summed E-state index contributed by atoms with van der Waals surface area (Å²) >= 11 is 0. The van der Waals surface area contributed by atoms with E-state index in [2.05, 4.69) is 41.4 Å². The Bertz CT molecular complexity index is 1070. The van der Waals surface area contributed by atoms with Gasteiger partial charge in [-0.15, -0.1) is 0 Å². The van der Waals surface area contributed by atoms with Crippen LogP contribution in [0.2, 0.25) is 0 Å². The summed E-state index contributed by atoms with van der Waals surface area (Å²) in [4.78, 5) is 55.7. The van der Waals surface area contributed by atoms with Crippen LogP contribution in [0.5, 0.6) is 0 Å². The number of nitrogens with zero attached hydrogens (tertiary/aromatic N) is 1. The van der Waals surface area contributed by atoms with Crippen molar-refractivity contribution in [1.82, 2.24) is 20.2 Å². The van der Waals surface area contributed by atoms with E-state index in [-0.39, 0.29) is 23.6 Å². The summed E-state index contributed by atoms with van der Waals surface area (Å²) in [6.45, 7) is 5.92. The van der Waals surface area contributed by atoms with Crippen molar-refractivity contribution in [2.24, 2.45) is 11.3 Å². The number of carbonyl (C=O) groups excluding carboxylic acids is 3. The molecule has 9 heteroatoms. The lowest BCUT2D eigenvalue weighted by molar-refractivity contribution is -0.136. The topological polar surface area (TPSA) is 127 Å². The lowest BCUT2D eigenvalue weighted by Gasteiger charge is -2.43. The Hall–Kier alpha value is -3.10. The number of nitrogens with one attached hydrogen (secondary N) is 4. The summed E-state index contributed by atoms with van der Waals surface area (Å²) in [5, 5.41) is 5.54. The Labute approximate surface area is 167 Å². The van der Waals surface area contributed by atoms with E-state index < -0.39 is 17.5 Å². The summed E-state index contributed by atoms with van der Waals surface area (Å²) in [6.07, 6.45) is 2.13. The smallest absolute Gasteiger partial charge is 0.324 e. The summed E-state index contributed by atoms with van der Waals surface area (Å²) in [5.41, 5.74) is 0.312. The molecule has 9 nitrogen and oxygen atoms in total. The van der Waals surface area contributed by atoms with Crippen LogP contribution in [0, 0.1) is 11.3 Å². The van der Waals surface area contributed by atoms with Crippen molar-refractivity contribution in [3.8, 4) is 0 Å². The van der Waals surface area contributed by atoms with Crippen molar-refractivity contribution in [1.29, 1.82) is 0 Å². The van der Waals surface area contributed by atoms with Crippen LogP contribution in [0.25, 0.3) is 11.0 Å². The number of aromatic amines is 2. The summed E-state index contributed by atoms with van der Waals surface area (Å²) in [5.74, 6) is -0.513. The minimum atomic E-state index is -0.929. The molecule has 1 saturated heterocycles. The minimum Gasteiger partial charge on any atom is -0.324 e. The first-order valence-electron chi connectivity index (χ1n) is 9.73. The lowest BCUT2D eigenvalue weighted by Crippen LogP contribution is -2.54. The van der Waals surface area contributed by atoms with E-state index in [9.17, 15) is 19.2 Å².